The summed E-state index contributed by atoms with van der Waals surface area (Å²) in [4.78, 5) is 0. The van der Waals surface area contributed by atoms with Gasteiger partial charge in [0.05, 0.1) is 7.59 Å². The predicted molar refractivity (Wildman–Crippen MR) is 88.2 cm³/mol. The largest absolute Gasteiger partial charge is 0.0714 e. The third-order valence-corrected chi connectivity index (χ3v) is 27.0. The van der Waals surface area contributed by atoms with Gasteiger partial charge in [-0.05, 0) is 15.1 Å². The minimum Gasteiger partial charge on any atom is -0.0714 e. The Morgan fingerprint density at radius 3 is 0.647 bits per heavy atom. The van der Waals surface area contributed by atoms with Crippen LogP contribution in [0.3, 0.4) is 0 Å². The Hall–Kier alpha value is 0.434. The van der Waals surface area contributed by atoms with Crippen molar-refractivity contribution in [3.8, 4) is 0 Å². The maximum absolute atomic E-state index is 2.61. The lowest BCUT2D eigenvalue weighted by molar-refractivity contribution is 0.552. The van der Waals surface area contributed by atoms with Crippen molar-refractivity contribution in [3.05, 3.63) is 0 Å². The van der Waals surface area contributed by atoms with Crippen LogP contribution in [-0.2, 0) is 0 Å². The Morgan fingerprint density at radius 1 is 0.471 bits per heavy atom. The lowest BCUT2D eigenvalue weighted by Gasteiger charge is -2.65. The molecule has 0 aliphatic heterocycles. The molecule has 0 atom stereocenters. The molecule has 0 aliphatic carbocycles. The molecule has 0 aromatic carbocycles. The molecule has 0 aromatic rings. The third-order valence-electron chi connectivity index (χ3n) is 4.50. The van der Waals surface area contributed by atoms with Crippen LogP contribution in [0.2, 0.25) is 34.8 Å². The summed E-state index contributed by atoms with van der Waals surface area (Å²) < 4.78 is 0. The van der Waals surface area contributed by atoms with E-state index in [9.17, 15) is 0 Å². The van der Waals surface area contributed by atoms with Crippen LogP contribution < -0.4 is 0 Å². The zero-order valence-electron chi connectivity index (χ0n) is 14.5. The van der Waals surface area contributed by atoms with Crippen molar-refractivity contribution >= 4 is 15.2 Å². The molecular weight excluding hydrogens is 236 g/mol. The predicted octanol–water partition coefficient (Wildman–Crippen LogP) is 6.25. The molecule has 0 aromatic heterocycles. The second kappa shape index (κ2) is 4.23. The van der Waals surface area contributed by atoms with Gasteiger partial charge < -0.3 is 0 Å². The van der Waals surface area contributed by atoms with Crippen molar-refractivity contribution < 1.29 is 0 Å². The van der Waals surface area contributed by atoms with Gasteiger partial charge in [-0.1, -0.05) is 82.0 Å². The highest BCUT2D eigenvalue weighted by molar-refractivity contribution is 7.44. The fourth-order valence-electron chi connectivity index (χ4n) is 6.75. The normalized spacial score (nSPS) is 16.2. The molecular formula is C15H36Si2. The second-order valence-electron chi connectivity index (χ2n) is 9.75. The smallest absolute Gasteiger partial charge is 0.0629 e. The van der Waals surface area contributed by atoms with Crippen molar-refractivity contribution in [2.75, 3.05) is 0 Å². The molecule has 2 heteroatoms. The fraction of sp³-hybridized carbons (Fsp3) is 1.00. The van der Waals surface area contributed by atoms with E-state index in [-0.39, 0.29) is 0 Å². The van der Waals surface area contributed by atoms with Gasteiger partial charge in [-0.3, -0.25) is 0 Å². The van der Waals surface area contributed by atoms with Crippen molar-refractivity contribution in [3.63, 3.8) is 0 Å². The molecule has 0 bridgehead atoms. The van der Waals surface area contributed by atoms with Crippen LogP contribution >= 0.6 is 0 Å². The van der Waals surface area contributed by atoms with E-state index in [2.05, 4.69) is 82.0 Å². The van der Waals surface area contributed by atoms with Crippen molar-refractivity contribution in [1.29, 1.82) is 0 Å². The Labute approximate surface area is 112 Å². The number of hydrogen-bond acceptors (Lipinski definition) is 0. The summed E-state index contributed by atoms with van der Waals surface area (Å²) in [6.07, 6.45) is 0. The van der Waals surface area contributed by atoms with Gasteiger partial charge in [0.2, 0.25) is 0 Å². The standard InChI is InChI=1S/C15H36Si2/c1-13(2,3)17(14(4,5)6,15(7,8)9)16(10,11)12/h1-12H3. The Balaban J connectivity index is 6.37. The van der Waals surface area contributed by atoms with Crippen molar-refractivity contribution in [2.24, 2.45) is 0 Å². The van der Waals surface area contributed by atoms with Gasteiger partial charge in [0.1, 0.15) is 0 Å². The fourth-order valence-corrected chi connectivity index (χ4v) is 40.5. The Kier molecular flexibility index (Phi) is 4.33. The second-order valence-corrected chi connectivity index (χ2v) is 27.0. The maximum Gasteiger partial charge on any atom is 0.0629 e. The van der Waals surface area contributed by atoms with E-state index in [0.29, 0.717) is 15.1 Å². The highest BCUT2D eigenvalue weighted by Gasteiger charge is 2.65. The third kappa shape index (κ3) is 2.58. The molecule has 0 N–H and O–H groups in total. The SMILES string of the molecule is CC(C)(C)[Si](C(C)(C)C)(C(C)(C)C)[Si](C)(C)C. The minimum absolute atomic E-state index is 0.466. The highest BCUT2D eigenvalue weighted by atomic mass is 29.3. The zero-order chi connectivity index (χ0) is 14.5. The molecule has 0 radical (unpaired) electrons. The van der Waals surface area contributed by atoms with E-state index in [1.807, 2.05) is 0 Å². The van der Waals surface area contributed by atoms with Crippen LogP contribution in [0, 0.1) is 0 Å². The molecule has 0 rings (SSSR count). The van der Waals surface area contributed by atoms with E-state index in [0.717, 1.165) is 0 Å². The van der Waals surface area contributed by atoms with Crippen LogP contribution in [0.1, 0.15) is 62.3 Å². The summed E-state index contributed by atoms with van der Waals surface area (Å²) >= 11 is 0. The van der Waals surface area contributed by atoms with E-state index in [1.54, 1.807) is 0 Å². The molecule has 17 heavy (non-hydrogen) atoms. The molecule has 0 amide bonds. The van der Waals surface area contributed by atoms with Gasteiger partial charge in [-0.15, -0.1) is 0 Å². The summed E-state index contributed by atoms with van der Waals surface area (Å²) in [5.41, 5.74) is 0. The van der Waals surface area contributed by atoms with Gasteiger partial charge in [0.15, 0.2) is 0 Å². The summed E-state index contributed by atoms with van der Waals surface area (Å²) in [6, 6.07) is 0. The average Bonchev–Trinajstić information content (AvgIpc) is 1.67. The molecule has 0 fully saturated rings. The van der Waals surface area contributed by atoms with Gasteiger partial charge in [-0.25, -0.2) is 0 Å². The molecule has 0 heterocycles. The molecule has 0 saturated carbocycles. The molecule has 0 unspecified atom stereocenters. The molecule has 0 nitrogen and oxygen atoms in total. The van der Waals surface area contributed by atoms with Gasteiger partial charge >= 0.3 is 0 Å². The van der Waals surface area contributed by atoms with Crippen LogP contribution in [0.25, 0.3) is 0 Å². The summed E-state index contributed by atoms with van der Waals surface area (Å²) in [5.74, 6) is 0. The topological polar surface area (TPSA) is 0 Å². The summed E-state index contributed by atoms with van der Waals surface area (Å²) in [5, 5.41) is 1.40. The average molecular weight is 273 g/mol. The minimum atomic E-state index is -1.46. The van der Waals surface area contributed by atoms with E-state index >= 15 is 0 Å². The lowest BCUT2D eigenvalue weighted by Crippen LogP contribution is -2.72. The number of rotatable bonds is 1. The van der Waals surface area contributed by atoms with Crippen molar-refractivity contribution in [2.45, 2.75) is 97.1 Å². The first kappa shape index (κ1) is 17.4. The van der Waals surface area contributed by atoms with Crippen molar-refractivity contribution in [1.82, 2.24) is 0 Å². The quantitative estimate of drug-likeness (QED) is 0.495. The van der Waals surface area contributed by atoms with E-state index in [4.69, 9.17) is 0 Å². The maximum atomic E-state index is 2.61. The van der Waals surface area contributed by atoms with Crippen LogP contribution in [0.4, 0.5) is 0 Å². The Morgan fingerprint density at radius 2 is 0.647 bits per heavy atom. The number of hydrogen-bond donors (Lipinski definition) is 0. The summed E-state index contributed by atoms with van der Waals surface area (Å²) in [6.45, 7) is 30.4. The van der Waals surface area contributed by atoms with Crippen LogP contribution in [0.15, 0.2) is 0 Å². The molecule has 104 valence electrons. The zero-order valence-corrected chi connectivity index (χ0v) is 16.5. The van der Waals surface area contributed by atoms with Crippen LogP contribution in [-0.4, -0.2) is 15.2 Å². The van der Waals surface area contributed by atoms with Gasteiger partial charge in [-0.2, -0.15) is 0 Å². The molecule has 0 aliphatic rings. The Bertz CT molecular complexity index is 202. The van der Waals surface area contributed by atoms with Crippen LogP contribution in [0.5, 0.6) is 0 Å². The first-order valence-electron chi connectivity index (χ1n) is 7.00. The first-order valence-corrected chi connectivity index (χ1v) is 13.5. The monoisotopic (exact) mass is 272 g/mol. The van der Waals surface area contributed by atoms with E-state index in [1.165, 1.54) is 0 Å². The molecule has 0 spiro atoms. The first-order chi connectivity index (χ1) is 7.00. The highest BCUT2D eigenvalue weighted by Crippen LogP contribution is 2.65. The lowest BCUT2D eigenvalue weighted by atomic mass is 10.2. The summed E-state index contributed by atoms with van der Waals surface area (Å²) in [7, 11) is -2.67. The molecule has 0 saturated heterocycles. The van der Waals surface area contributed by atoms with E-state index < -0.39 is 15.2 Å². The van der Waals surface area contributed by atoms with Gasteiger partial charge in [0, 0.05) is 7.59 Å². The van der Waals surface area contributed by atoms with Gasteiger partial charge in [0.25, 0.3) is 0 Å².